The van der Waals surface area contributed by atoms with Crippen LogP contribution in [-0.2, 0) is 5.75 Å². The standard InChI is InChI=1S/C15H20N2S/c1-11-9-13(10-18-12(2)7-8-16)14-5-3-4-6-15(14)17-11/h3-6,9,12H,7-8,10,16H2,1-2H3. The summed E-state index contributed by atoms with van der Waals surface area (Å²) in [5.41, 5.74) is 9.16. The van der Waals surface area contributed by atoms with Crippen LogP contribution < -0.4 is 5.73 Å². The summed E-state index contributed by atoms with van der Waals surface area (Å²) in [5.74, 6) is 1.03. The fraction of sp³-hybridized carbons (Fsp3) is 0.400. The molecular formula is C15H20N2S. The molecule has 0 bridgehead atoms. The van der Waals surface area contributed by atoms with E-state index >= 15 is 0 Å². The highest BCUT2D eigenvalue weighted by atomic mass is 32.2. The molecular weight excluding hydrogens is 240 g/mol. The predicted molar refractivity (Wildman–Crippen MR) is 80.9 cm³/mol. The Hall–Kier alpha value is -1.06. The Morgan fingerprint density at radius 2 is 2.11 bits per heavy atom. The largest absolute Gasteiger partial charge is 0.330 e. The Morgan fingerprint density at radius 3 is 2.89 bits per heavy atom. The van der Waals surface area contributed by atoms with Gasteiger partial charge in [0.15, 0.2) is 0 Å². The van der Waals surface area contributed by atoms with Crippen LogP contribution in [0.5, 0.6) is 0 Å². The lowest BCUT2D eigenvalue weighted by atomic mass is 10.1. The topological polar surface area (TPSA) is 38.9 Å². The number of aromatic nitrogens is 1. The zero-order chi connectivity index (χ0) is 13.0. The summed E-state index contributed by atoms with van der Waals surface area (Å²) in [6.45, 7) is 5.07. The summed E-state index contributed by atoms with van der Waals surface area (Å²) in [6.07, 6.45) is 1.08. The van der Waals surface area contributed by atoms with Gasteiger partial charge in [-0.25, -0.2) is 0 Å². The van der Waals surface area contributed by atoms with Crippen molar-refractivity contribution in [3.8, 4) is 0 Å². The Balaban J connectivity index is 2.21. The highest BCUT2D eigenvalue weighted by Gasteiger charge is 2.06. The number of hydrogen-bond donors (Lipinski definition) is 1. The predicted octanol–water partition coefficient (Wildman–Crippen LogP) is 3.51. The number of aryl methyl sites for hydroxylation is 1. The lowest BCUT2D eigenvalue weighted by Crippen LogP contribution is -2.07. The molecule has 1 heterocycles. The molecule has 0 aliphatic rings. The molecule has 0 aliphatic heterocycles. The van der Waals surface area contributed by atoms with Crippen molar-refractivity contribution in [3.63, 3.8) is 0 Å². The first kappa shape index (κ1) is 13.4. The highest BCUT2D eigenvalue weighted by Crippen LogP contribution is 2.25. The van der Waals surface area contributed by atoms with Crippen LogP contribution in [0.25, 0.3) is 10.9 Å². The summed E-state index contributed by atoms with van der Waals surface area (Å²) < 4.78 is 0. The molecule has 3 heteroatoms. The van der Waals surface area contributed by atoms with Crippen LogP contribution in [0.3, 0.4) is 0 Å². The first-order valence-electron chi connectivity index (χ1n) is 6.37. The second-order valence-corrected chi connectivity index (χ2v) is 6.07. The van der Waals surface area contributed by atoms with E-state index < -0.39 is 0 Å². The average Bonchev–Trinajstić information content (AvgIpc) is 2.36. The minimum Gasteiger partial charge on any atom is -0.330 e. The Labute approximate surface area is 113 Å². The van der Waals surface area contributed by atoms with Gasteiger partial charge in [-0.3, -0.25) is 4.98 Å². The lowest BCUT2D eigenvalue weighted by Gasteiger charge is -2.12. The first-order valence-corrected chi connectivity index (χ1v) is 7.42. The quantitative estimate of drug-likeness (QED) is 0.894. The molecule has 1 aromatic carbocycles. The molecule has 0 amide bonds. The maximum atomic E-state index is 5.59. The third kappa shape index (κ3) is 3.24. The maximum Gasteiger partial charge on any atom is 0.0708 e. The van der Waals surface area contributed by atoms with Crippen molar-refractivity contribution < 1.29 is 0 Å². The molecule has 2 rings (SSSR count). The molecule has 1 unspecified atom stereocenters. The third-order valence-corrected chi connectivity index (χ3v) is 4.31. The average molecular weight is 260 g/mol. The molecule has 1 atom stereocenters. The summed E-state index contributed by atoms with van der Waals surface area (Å²) in [6, 6.07) is 10.6. The van der Waals surface area contributed by atoms with E-state index in [2.05, 4.69) is 43.1 Å². The summed E-state index contributed by atoms with van der Waals surface area (Å²) in [5, 5.41) is 1.89. The number of nitrogens with zero attached hydrogens (tertiary/aromatic N) is 1. The molecule has 0 saturated heterocycles. The zero-order valence-corrected chi connectivity index (χ0v) is 11.8. The van der Waals surface area contributed by atoms with E-state index in [0.717, 1.165) is 29.9 Å². The van der Waals surface area contributed by atoms with Gasteiger partial charge in [-0.15, -0.1) is 0 Å². The van der Waals surface area contributed by atoms with Crippen LogP contribution in [0, 0.1) is 6.92 Å². The Kier molecular flexibility index (Phi) is 4.61. The fourth-order valence-corrected chi connectivity index (χ4v) is 3.07. The third-order valence-electron chi connectivity index (χ3n) is 3.03. The van der Waals surface area contributed by atoms with Gasteiger partial charge >= 0.3 is 0 Å². The molecule has 0 radical (unpaired) electrons. The second-order valence-electron chi connectivity index (χ2n) is 4.64. The van der Waals surface area contributed by atoms with E-state index in [-0.39, 0.29) is 0 Å². The van der Waals surface area contributed by atoms with Crippen molar-refractivity contribution in [2.24, 2.45) is 5.73 Å². The highest BCUT2D eigenvalue weighted by molar-refractivity contribution is 7.99. The van der Waals surface area contributed by atoms with Crippen LogP contribution in [0.1, 0.15) is 24.6 Å². The normalized spacial score (nSPS) is 12.8. The molecule has 0 fully saturated rings. The maximum absolute atomic E-state index is 5.59. The van der Waals surface area contributed by atoms with E-state index in [1.54, 1.807) is 0 Å². The molecule has 0 saturated carbocycles. The van der Waals surface area contributed by atoms with E-state index in [1.807, 2.05) is 17.8 Å². The number of hydrogen-bond acceptors (Lipinski definition) is 3. The van der Waals surface area contributed by atoms with Gasteiger partial charge in [0.05, 0.1) is 5.52 Å². The Morgan fingerprint density at radius 1 is 1.33 bits per heavy atom. The fourth-order valence-electron chi connectivity index (χ4n) is 2.06. The number of pyridine rings is 1. The number of benzene rings is 1. The van der Waals surface area contributed by atoms with Crippen LogP contribution in [0.15, 0.2) is 30.3 Å². The number of para-hydroxylation sites is 1. The smallest absolute Gasteiger partial charge is 0.0708 e. The van der Waals surface area contributed by atoms with Crippen molar-refractivity contribution >= 4 is 22.7 Å². The first-order chi connectivity index (χ1) is 8.70. The molecule has 0 spiro atoms. The number of thioether (sulfide) groups is 1. The van der Waals surface area contributed by atoms with Crippen LogP contribution in [0.2, 0.25) is 0 Å². The summed E-state index contributed by atoms with van der Waals surface area (Å²) in [4.78, 5) is 4.57. The van der Waals surface area contributed by atoms with Crippen LogP contribution in [0.4, 0.5) is 0 Å². The molecule has 2 nitrogen and oxygen atoms in total. The van der Waals surface area contributed by atoms with Gasteiger partial charge < -0.3 is 5.73 Å². The van der Waals surface area contributed by atoms with Crippen LogP contribution in [-0.4, -0.2) is 16.8 Å². The van der Waals surface area contributed by atoms with Gasteiger partial charge in [0.1, 0.15) is 0 Å². The SMILES string of the molecule is Cc1cc(CSC(C)CCN)c2ccccc2n1. The second kappa shape index (κ2) is 6.21. The number of rotatable bonds is 5. The molecule has 2 N–H and O–H groups in total. The number of nitrogens with two attached hydrogens (primary N) is 1. The van der Waals surface area contributed by atoms with Crippen molar-refractivity contribution in [1.82, 2.24) is 4.98 Å². The van der Waals surface area contributed by atoms with Gasteiger partial charge in [-0.05, 0) is 37.6 Å². The molecule has 18 heavy (non-hydrogen) atoms. The van der Waals surface area contributed by atoms with E-state index in [9.17, 15) is 0 Å². The lowest BCUT2D eigenvalue weighted by molar-refractivity contribution is 0.823. The van der Waals surface area contributed by atoms with E-state index in [1.165, 1.54) is 10.9 Å². The van der Waals surface area contributed by atoms with Gasteiger partial charge in [-0.1, -0.05) is 25.1 Å². The van der Waals surface area contributed by atoms with E-state index in [4.69, 9.17) is 5.73 Å². The summed E-state index contributed by atoms with van der Waals surface area (Å²) in [7, 11) is 0. The van der Waals surface area contributed by atoms with Gasteiger partial charge in [0, 0.05) is 22.1 Å². The Bertz CT molecular complexity index is 525. The molecule has 1 aromatic heterocycles. The van der Waals surface area contributed by atoms with Gasteiger partial charge in [-0.2, -0.15) is 11.8 Å². The van der Waals surface area contributed by atoms with Crippen LogP contribution >= 0.6 is 11.8 Å². The molecule has 0 aliphatic carbocycles. The molecule has 96 valence electrons. The molecule has 2 aromatic rings. The zero-order valence-electron chi connectivity index (χ0n) is 11.0. The van der Waals surface area contributed by atoms with Gasteiger partial charge in [0.2, 0.25) is 0 Å². The van der Waals surface area contributed by atoms with Crippen molar-refractivity contribution in [1.29, 1.82) is 0 Å². The summed E-state index contributed by atoms with van der Waals surface area (Å²) >= 11 is 1.97. The van der Waals surface area contributed by atoms with Gasteiger partial charge in [0.25, 0.3) is 0 Å². The van der Waals surface area contributed by atoms with E-state index in [0.29, 0.717) is 5.25 Å². The number of fused-ring (bicyclic) bond motifs is 1. The van der Waals surface area contributed by atoms with Crippen molar-refractivity contribution in [2.45, 2.75) is 31.3 Å². The van der Waals surface area contributed by atoms with Crippen molar-refractivity contribution in [2.75, 3.05) is 6.54 Å². The monoisotopic (exact) mass is 260 g/mol. The minimum atomic E-state index is 0.613. The minimum absolute atomic E-state index is 0.613. The van der Waals surface area contributed by atoms with Crippen molar-refractivity contribution in [3.05, 3.63) is 41.6 Å².